The molecule has 1 unspecified atom stereocenters. The summed E-state index contributed by atoms with van der Waals surface area (Å²) in [5.74, 6) is -1.76. The van der Waals surface area contributed by atoms with Crippen molar-refractivity contribution in [2.75, 3.05) is 13.1 Å². The highest BCUT2D eigenvalue weighted by Crippen LogP contribution is 2.13. The fourth-order valence-corrected chi connectivity index (χ4v) is 1.33. The van der Waals surface area contributed by atoms with Gasteiger partial charge in [0.15, 0.2) is 0 Å². The summed E-state index contributed by atoms with van der Waals surface area (Å²) in [6.45, 7) is 2.90. The molecule has 0 aromatic carbocycles. The highest BCUT2D eigenvalue weighted by Gasteiger charge is 2.38. The monoisotopic (exact) mass is 180 g/mol. The van der Waals surface area contributed by atoms with Crippen LogP contribution in [0.25, 0.3) is 0 Å². The lowest BCUT2D eigenvalue weighted by Gasteiger charge is -2.12. The molecule has 1 rings (SSSR count). The summed E-state index contributed by atoms with van der Waals surface area (Å²) in [4.78, 5) is 23.8. The van der Waals surface area contributed by atoms with Gasteiger partial charge in [0, 0.05) is 13.1 Å². The molecular formula is C9H12N2O2. The third-order valence-electron chi connectivity index (χ3n) is 2.15. The van der Waals surface area contributed by atoms with Gasteiger partial charge in [-0.2, -0.15) is 5.26 Å². The van der Waals surface area contributed by atoms with Gasteiger partial charge < -0.3 is 4.90 Å². The SMILES string of the molecule is CCCCN1CC(C#N)C(=O)C1=O. The van der Waals surface area contributed by atoms with E-state index in [4.69, 9.17) is 5.26 Å². The molecule has 1 saturated heterocycles. The molecule has 1 fully saturated rings. The van der Waals surface area contributed by atoms with Gasteiger partial charge in [-0.25, -0.2) is 0 Å². The molecule has 0 radical (unpaired) electrons. The van der Waals surface area contributed by atoms with Crippen LogP contribution in [0.2, 0.25) is 0 Å². The Balaban J connectivity index is 2.57. The van der Waals surface area contributed by atoms with Crippen molar-refractivity contribution in [2.24, 2.45) is 5.92 Å². The number of likely N-dealkylation sites (tertiary alicyclic amines) is 1. The Morgan fingerprint density at radius 2 is 2.31 bits per heavy atom. The maximum Gasteiger partial charge on any atom is 0.291 e. The fourth-order valence-electron chi connectivity index (χ4n) is 1.33. The Hall–Kier alpha value is -1.37. The predicted molar refractivity (Wildman–Crippen MR) is 45.6 cm³/mol. The first kappa shape index (κ1) is 9.72. The number of carbonyl (C=O) groups is 2. The summed E-state index contributed by atoms with van der Waals surface area (Å²) in [6, 6.07) is 1.84. The van der Waals surface area contributed by atoms with Gasteiger partial charge in [-0.3, -0.25) is 9.59 Å². The first-order valence-corrected chi connectivity index (χ1v) is 4.43. The predicted octanol–water partition coefficient (Wildman–Crippen LogP) is 0.338. The smallest absolute Gasteiger partial charge is 0.291 e. The number of nitriles is 1. The zero-order valence-electron chi connectivity index (χ0n) is 7.62. The Bertz CT molecular complexity index is 267. The number of unbranched alkanes of at least 4 members (excludes halogenated alkanes) is 1. The van der Waals surface area contributed by atoms with Crippen LogP contribution in [0, 0.1) is 17.2 Å². The van der Waals surface area contributed by atoms with Crippen LogP contribution in [0.15, 0.2) is 0 Å². The van der Waals surface area contributed by atoms with Gasteiger partial charge in [0.1, 0.15) is 5.92 Å². The molecule has 1 aliphatic heterocycles. The Labute approximate surface area is 77.1 Å². The molecule has 1 heterocycles. The van der Waals surface area contributed by atoms with E-state index in [0.29, 0.717) is 6.54 Å². The van der Waals surface area contributed by atoms with Crippen LogP contribution in [0.3, 0.4) is 0 Å². The molecule has 0 aromatic rings. The van der Waals surface area contributed by atoms with E-state index in [0.717, 1.165) is 12.8 Å². The molecule has 4 nitrogen and oxygen atoms in total. The van der Waals surface area contributed by atoms with Crippen molar-refractivity contribution in [1.82, 2.24) is 4.90 Å². The van der Waals surface area contributed by atoms with Crippen molar-refractivity contribution >= 4 is 11.7 Å². The topological polar surface area (TPSA) is 61.2 Å². The summed E-state index contributed by atoms with van der Waals surface area (Å²) >= 11 is 0. The summed E-state index contributed by atoms with van der Waals surface area (Å²) in [6.07, 6.45) is 1.87. The summed E-state index contributed by atoms with van der Waals surface area (Å²) in [5, 5.41) is 8.55. The highest BCUT2D eigenvalue weighted by atomic mass is 16.2. The van der Waals surface area contributed by atoms with E-state index >= 15 is 0 Å². The number of carbonyl (C=O) groups excluding carboxylic acids is 2. The van der Waals surface area contributed by atoms with Crippen molar-refractivity contribution in [1.29, 1.82) is 5.26 Å². The second-order valence-electron chi connectivity index (χ2n) is 3.15. The number of nitrogens with zero attached hydrogens (tertiary/aromatic N) is 2. The van der Waals surface area contributed by atoms with Crippen LogP contribution in [-0.4, -0.2) is 29.7 Å². The maximum atomic E-state index is 11.2. The molecule has 4 heteroatoms. The third-order valence-corrected chi connectivity index (χ3v) is 2.15. The molecule has 0 saturated carbocycles. The number of Topliss-reactive ketones (excluding diaryl/α,β-unsaturated/α-hetero) is 1. The first-order valence-electron chi connectivity index (χ1n) is 4.43. The van der Waals surface area contributed by atoms with Gasteiger partial charge in [0.25, 0.3) is 5.91 Å². The second kappa shape index (κ2) is 4.04. The normalized spacial score (nSPS) is 22.2. The van der Waals surface area contributed by atoms with Crippen molar-refractivity contribution < 1.29 is 9.59 Å². The Kier molecular flexibility index (Phi) is 3.02. The van der Waals surface area contributed by atoms with Gasteiger partial charge in [-0.1, -0.05) is 13.3 Å². The van der Waals surface area contributed by atoms with Crippen LogP contribution >= 0.6 is 0 Å². The minimum atomic E-state index is -0.732. The quantitative estimate of drug-likeness (QED) is 0.588. The van der Waals surface area contributed by atoms with Gasteiger partial charge in [-0.15, -0.1) is 0 Å². The highest BCUT2D eigenvalue weighted by molar-refractivity contribution is 6.39. The zero-order chi connectivity index (χ0) is 9.84. The van der Waals surface area contributed by atoms with Crippen molar-refractivity contribution in [3.8, 4) is 6.07 Å². The molecule has 1 atom stereocenters. The largest absolute Gasteiger partial charge is 0.334 e. The molecule has 0 N–H and O–H groups in total. The lowest BCUT2D eigenvalue weighted by Crippen LogP contribution is -2.28. The number of hydrogen-bond donors (Lipinski definition) is 0. The minimum Gasteiger partial charge on any atom is -0.334 e. The van der Waals surface area contributed by atoms with E-state index in [1.54, 1.807) is 0 Å². The van der Waals surface area contributed by atoms with Gasteiger partial charge in [0.05, 0.1) is 6.07 Å². The summed E-state index contributed by atoms with van der Waals surface area (Å²) in [5.41, 5.74) is 0. The maximum absolute atomic E-state index is 11.2. The second-order valence-corrected chi connectivity index (χ2v) is 3.15. The van der Waals surface area contributed by atoms with E-state index in [1.165, 1.54) is 4.90 Å². The van der Waals surface area contributed by atoms with Crippen LogP contribution in [0.1, 0.15) is 19.8 Å². The number of ketones is 1. The van der Waals surface area contributed by atoms with Crippen molar-refractivity contribution in [3.05, 3.63) is 0 Å². The summed E-state index contributed by atoms with van der Waals surface area (Å²) in [7, 11) is 0. The first-order chi connectivity index (χ1) is 6.20. The van der Waals surface area contributed by atoms with Crippen LogP contribution in [0.5, 0.6) is 0 Å². The molecule has 70 valence electrons. The average Bonchev–Trinajstić information content (AvgIpc) is 2.41. The Morgan fingerprint density at radius 1 is 1.62 bits per heavy atom. The van der Waals surface area contributed by atoms with Gasteiger partial charge >= 0.3 is 0 Å². The van der Waals surface area contributed by atoms with Gasteiger partial charge in [-0.05, 0) is 6.42 Å². The van der Waals surface area contributed by atoms with E-state index in [2.05, 4.69) is 0 Å². The molecule has 0 aliphatic carbocycles. The third kappa shape index (κ3) is 1.86. The van der Waals surface area contributed by atoms with E-state index < -0.39 is 17.6 Å². The van der Waals surface area contributed by atoms with E-state index in [-0.39, 0.29) is 6.54 Å². The van der Waals surface area contributed by atoms with Crippen molar-refractivity contribution in [3.63, 3.8) is 0 Å². The molecule has 1 aliphatic rings. The average molecular weight is 180 g/mol. The zero-order valence-corrected chi connectivity index (χ0v) is 7.62. The number of hydrogen-bond acceptors (Lipinski definition) is 3. The lowest BCUT2D eigenvalue weighted by molar-refractivity contribution is -0.140. The number of amides is 1. The molecule has 0 aromatic heterocycles. The van der Waals surface area contributed by atoms with Crippen LogP contribution in [0.4, 0.5) is 0 Å². The van der Waals surface area contributed by atoms with Crippen LogP contribution < -0.4 is 0 Å². The van der Waals surface area contributed by atoms with E-state index in [1.807, 2.05) is 13.0 Å². The van der Waals surface area contributed by atoms with Crippen LogP contribution in [-0.2, 0) is 9.59 Å². The van der Waals surface area contributed by atoms with Crippen molar-refractivity contribution in [2.45, 2.75) is 19.8 Å². The lowest BCUT2D eigenvalue weighted by atomic mass is 10.1. The molecule has 1 amide bonds. The summed E-state index contributed by atoms with van der Waals surface area (Å²) < 4.78 is 0. The molecule has 13 heavy (non-hydrogen) atoms. The molecule has 0 spiro atoms. The fraction of sp³-hybridized carbons (Fsp3) is 0.667. The van der Waals surface area contributed by atoms with E-state index in [9.17, 15) is 9.59 Å². The standard InChI is InChI=1S/C9H12N2O2/c1-2-3-4-11-6-7(5-10)8(12)9(11)13/h7H,2-4,6H2,1H3. The molecule has 0 bridgehead atoms. The Morgan fingerprint density at radius 3 is 2.77 bits per heavy atom. The minimum absolute atomic E-state index is 0.286. The number of rotatable bonds is 3. The molecular weight excluding hydrogens is 168 g/mol. The van der Waals surface area contributed by atoms with Gasteiger partial charge in [0.2, 0.25) is 5.78 Å².